The second-order valence-corrected chi connectivity index (χ2v) is 7.15. The molecule has 3 rings (SSSR count). The first kappa shape index (κ1) is 15.4. The number of sulfonamides is 1. The van der Waals surface area contributed by atoms with Crippen LogP contribution in [0.3, 0.4) is 0 Å². The van der Waals surface area contributed by atoms with Crippen LogP contribution in [0.25, 0.3) is 10.8 Å². The van der Waals surface area contributed by atoms with Crippen molar-refractivity contribution in [2.75, 3.05) is 18.5 Å². The number of nitrogens with zero attached hydrogens (tertiary/aromatic N) is 1. The molecule has 0 aliphatic carbocycles. The first-order chi connectivity index (χ1) is 11.0. The molecule has 4 nitrogen and oxygen atoms in total. The summed E-state index contributed by atoms with van der Waals surface area (Å²) in [6, 6.07) is 19.8. The fourth-order valence-corrected chi connectivity index (χ4v) is 3.65. The minimum atomic E-state index is -3.61. The molecule has 0 heterocycles. The molecule has 0 fully saturated rings. The molecule has 0 aliphatic rings. The largest absolute Gasteiger partial charge is 0.497 e. The molecule has 5 heteroatoms. The van der Waals surface area contributed by atoms with Crippen LogP contribution in [-0.4, -0.2) is 22.6 Å². The standard InChI is InChI=1S/C18H17NO3S/c1-19(16-8-10-17(22-2)11-9-16)23(20,21)18-12-7-14-5-3-4-6-15(14)13-18/h3-13H,1-2H3. The molecular formula is C18H17NO3S. The summed E-state index contributed by atoms with van der Waals surface area (Å²) in [5.41, 5.74) is 0.582. The van der Waals surface area contributed by atoms with Crippen molar-refractivity contribution < 1.29 is 13.2 Å². The Morgan fingerprint density at radius 1 is 0.870 bits per heavy atom. The third-order valence-electron chi connectivity index (χ3n) is 3.82. The van der Waals surface area contributed by atoms with E-state index in [1.807, 2.05) is 30.3 Å². The minimum absolute atomic E-state index is 0.273. The van der Waals surface area contributed by atoms with Gasteiger partial charge in [0.25, 0.3) is 10.0 Å². The fourth-order valence-electron chi connectivity index (χ4n) is 2.42. The Morgan fingerprint density at radius 3 is 2.17 bits per heavy atom. The quantitative estimate of drug-likeness (QED) is 0.734. The van der Waals surface area contributed by atoms with E-state index in [0.717, 1.165) is 10.8 Å². The summed E-state index contributed by atoms with van der Waals surface area (Å²) in [6.07, 6.45) is 0. The third kappa shape index (κ3) is 2.87. The fraction of sp³-hybridized carbons (Fsp3) is 0.111. The molecule has 0 N–H and O–H groups in total. The molecule has 0 amide bonds. The van der Waals surface area contributed by atoms with Crippen molar-refractivity contribution in [2.45, 2.75) is 4.90 Å². The maximum atomic E-state index is 12.8. The van der Waals surface area contributed by atoms with Gasteiger partial charge in [0.2, 0.25) is 0 Å². The van der Waals surface area contributed by atoms with Crippen LogP contribution >= 0.6 is 0 Å². The number of hydrogen-bond acceptors (Lipinski definition) is 3. The summed E-state index contributed by atoms with van der Waals surface area (Å²) in [6.45, 7) is 0. The first-order valence-electron chi connectivity index (χ1n) is 7.14. The topological polar surface area (TPSA) is 46.6 Å². The predicted molar refractivity (Wildman–Crippen MR) is 92.5 cm³/mol. The van der Waals surface area contributed by atoms with Crippen LogP contribution in [0.5, 0.6) is 5.75 Å². The summed E-state index contributed by atoms with van der Waals surface area (Å²) < 4.78 is 32.0. The van der Waals surface area contributed by atoms with Gasteiger partial charge in [0.15, 0.2) is 0 Å². The molecule has 118 valence electrons. The van der Waals surface area contributed by atoms with Crippen LogP contribution in [0.1, 0.15) is 0 Å². The van der Waals surface area contributed by atoms with Gasteiger partial charge < -0.3 is 4.74 Å². The number of rotatable bonds is 4. The molecule has 0 atom stereocenters. The normalized spacial score (nSPS) is 11.4. The van der Waals surface area contributed by atoms with Crippen molar-refractivity contribution >= 4 is 26.5 Å². The highest BCUT2D eigenvalue weighted by atomic mass is 32.2. The van der Waals surface area contributed by atoms with E-state index in [4.69, 9.17) is 4.74 Å². The molecule has 3 aromatic carbocycles. The Balaban J connectivity index is 2.00. The number of hydrogen-bond donors (Lipinski definition) is 0. The average Bonchev–Trinajstić information content (AvgIpc) is 2.60. The number of fused-ring (bicyclic) bond motifs is 1. The van der Waals surface area contributed by atoms with Gasteiger partial charge in [-0.3, -0.25) is 4.31 Å². The monoisotopic (exact) mass is 327 g/mol. The van der Waals surface area contributed by atoms with E-state index in [0.29, 0.717) is 11.4 Å². The number of methoxy groups -OCH3 is 1. The molecule has 3 aromatic rings. The molecular weight excluding hydrogens is 310 g/mol. The maximum absolute atomic E-state index is 12.8. The molecule has 0 saturated carbocycles. The van der Waals surface area contributed by atoms with Crippen LogP contribution in [0, 0.1) is 0 Å². The van der Waals surface area contributed by atoms with Crippen LogP contribution in [0.2, 0.25) is 0 Å². The molecule has 0 bridgehead atoms. The minimum Gasteiger partial charge on any atom is -0.497 e. The summed E-state index contributed by atoms with van der Waals surface area (Å²) >= 11 is 0. The van der Waals surface area contributed by atoms with Gasteiger partial charge in [-0.2, -0.15) is 0 Å². The van der Waals surface area contributed by atoms with Crippen molar-refractivity contribution in [2.24, 2.45) is 0 Å². The van der Waals surface area contributed by atoms with Gasteiger partial charge in [-0.25, -0.2) is 8.42 Å². The zero-order chi connectivity index (χ0) is 16.4. The lowest BCUT2D eigenvalue weighted by molar-refractivity contribution is 0.415. The van der Waals surface area contributed by atoms with Gasteiger partial charge in [0.05, 0.1) is 17.7 Å². The highest BCUT2D eigenvalue weighted by Gasteiger charge is 2.21. The Morgan fingerprint density at radius 2 is 1.52 bits per heavy atom. The Labute approximate surface area is 136 Å². The lowest BCUT2D eigenvalue weighted by atomic mass is 10.1. The van der Waals surface area contributed by atoms with Crippen LogP contribution < -0.4 is 9.04 Å². The van der Waals surface area contributed by atoms with Gasteiger partial charge in [-0.05, 0) is 47.2 Å². The third-order valence-corrected chi connectivity index (χ3v) is 5.60. The molecule has 0 unspecified atom stereocenters. The van der Waals surface area contributed by atoms with E-state index in [1.54, 1.807) is 50.6 Å². The summed E-state index contributed by atoms with van der Waals surface area (Å²) in [7, 11) is -0.489. The van der Waals surface area contributed by atoms with Crippen molar-refractivity contribution in [1.82, 2.24) is 0 Å². The Hall–Kier alpha value is -2.53. The number of anilines is 1. The van der Waals surface area contributed by atoms with Gasteiger partial charge in [-0.1, -0.05) is 30.3 Å². The number of ether oxygens (including phenoxy) is 1. The van der Waals surface area contributed by atoms with E-state index in [-0.39, 0.29) is 4.90 Å². The van der Waals surface area contributed by atoms with Crippen molar-refractivity contribution in [3.63, 3.8) is 0 Å². The number of benzene rings is 3. The van der Waals surface area contributed by atoms with E-state index in [2.05, 4.69) is 0 Å². The molecule has 23 heavy (non-hydrogen) atoms. The zero-order valence-corrected chi connectivity index (χ0v) is 13.7. The molecule has 0 aromatic heterocycles. The van der Waals surface area contributed by atoms with Crippen LogP contribution in [-0.2, 0) is 10.0 Å². The van der Waals surface area contributed by atoms with E-state index in [1.165, 1.54) is 4.31 Å². The zero-order valence-electron chi connectivity index (χ0n) is 12.9. The Kier molecular flexibility index (Phi) is 3.96. The van der Waals surface area contributed by atoms with Gasteiger partial charge in [-0.15, -0.1) is 0 Å². The van der Waals surface area contributed by atoms with Crippen molar-refractivity contribution in [1.29, 1.82) is 0 Å². The smallest absolute Gasteiger partial charge is 0.264 e. The summed E-state index contributed by atoms with van der Waals surface area (Å²) in [5, 5.41) is 1.91. The van der Waals surface area contributed by atoms with Crippen LogP contribution in [0.4, 0.5) is 5.69 Å². The summed E-state index contributed by atoms with van der Waals surface area (Å²) in [4.78, 5) is 0.273. The predicted octanol–water partition coefficient (Wildman–Crippen LogP) is 3.67. The molecule has 0 radical (unpaired) electrons. The lowest BCUT2D eigenvalue weighted by Gasteiger charge is -2.20. The highest BCUT2D eigenvalue weighted by molar-refractivity contribution is 7.92. The second-order valence-electron chi connectivity index (χ2n) is 5.18. The average molecular weight is 327 g/mol. The van der Waals surface area contributed by atoms with E-state index < -0.39 is 10.0 Å². The van der Waals surface area contributed by atoms with Gasteiger partial charge >= 0.3 is 0 Å². The molecule has 0 spiro atoms. The SMILES string of the molecule is COc1ccc(N(C)S(=O)(=O)c2ccc3ccccc3c2)cc1. The maximum Gasteiger partial charge on any atom is 0.264 e. The first-order valence-corrected chi connectivity index (χ1v) is 8.58. The van der Waals surface area contributed by atoms with Crippen LogP contribution in [0.15, 0.2) is 71.6 Å². The van der Waals surface area contributed by atoms with E-state index in [9.17, 15) is 8.42 Å². The second kappa shape index (κ2) is 5.93. The Bertz CT molecular complexity index is 934. The van der Waals surface area contributed by atoms with Crippen molar-refractivity contribution in [3.8, 4) is 5.75 Å². The van der Waals surface area contributed by atoms with E-state index >= 15 is 0 Å². The molecule has 0 saturated heterocycles. The van der Waals surface area contributed by atoms with Crippen molar-refractivity contribution in [3.05, 3.63) is 66.7 Å². The van der Waals surface area contributed by atoms with Gasteiger partial charge in [0, 0.05) is 7.05 Å². The summed E-state index contributed by atoms with van der Waals surface area (Å²) in [5.74, 6) is 0.685. The molecule has 0 aliphatic heterocycles. The highest BCUT2D eigenvalue weighted by Crippen LogP contribution is 2.26. The van der Waals surface area contributed by atoms with Gasteiger partial charge in [0.1, 0.15) is 5.75 Å². The lowest BCUT2D eigenvalue weighted by Crippen LogP contribution is -2.26.